The van der Waals surface area contributed by atoms with Crippen LogP contribution in [0.4, 0.5) is 0 Å². The third kappa shape index (κ3) is 6.03. The third-order valence-corrected chi connectivity index (χ3v) is 2.40. The van der Waals surface area contributed by atoms with Gasteiger partial charge in [0.05, 0.1) is 6.54 Å². The van der Waals surface area contributed by atoms with Crippen LogP contribution < -0.4 is 0 Å². The molecule has 18 heavy (non-hydrogen) atoms. The molecule has 0 aliphatic rings. The number of halogens is 1. The van der Waals surface area contributed by atoms with E-state index in [2.05, 4.69) is 0 Å². The molecule has 0 radical (unpaired) electrons. The van der Waals surface area contributed by atoms with E-state index >= 15 is 0 Å². The van der Waals surface area contributed by atoms with Gasteiger partial charge in [-0.25, -0.2) is 0 Å². The van der Waals surface area contributed by atoms with Crippen LogP contribution in [-0.2, 0) is 16.1 Å². The van der Waals surface area contributed by atoms with E-state index < -0.39 is 5.60 Å². The summed E-state index contributed by atoms with van der Waals surface area (Å²) in [7, 11) is 1.88. The zero-order chi connectivity index (χ0) is 13.8. The van der Waals surface area contributed by atoms with Gasteiger partial charge in [-0.1, -0.05) is 23.7 Å². The van der Waals surface area contributed by atoms with E-state index in [1.807, 2.05) is 57.0 Å². The lowest BCUT2D eigenvalue weighted by molar-refractivity contribution is -0.155. The average Bonchev–Trinajstić information content (AvgIpc) is 2.13. The molecular formula is C14H20ClNO2. The van der Waals surface area contributed by atoms with Crippen molar-refractivity contribution >= 4 is 17.6 Å². The Morgan fingerprint density at radius 1 is 1.39 bits per heavy atom. The van der Waals surface area contributed by atoms with Gasteiger partial charge in [-0.05, 0) is 45.5 Å². The maximum Gasteiger partial charge on any atom is 0.320 e. The number of likely N-dealkylation sites (N-methyl/N-ethyl adjacent to an activating group) is 1. The number of nitrogens with zero attached hydrogens (tertiary/aromatic N) is 1. The number of rotatable bonds is 4. The Morgan fingerprint density at radius 2 is 2.06 bits per heavy atom. The van der Waals surface area contributed by atoms with Crippen LogP contribution in [0.15, 0.2) is 24.3 Å². The van der Waals surface area contributed by atoms with Crippen molar-refractivity contribution in [2.45, 2.75) is 32.9 Å². The number of hydrogen-bond acceptors (Lipinski definition) is 3. The highest BCUT2D eigenvalue weighted by Gasteiger charge is 2.17. The second kappa shape index (κ2) is 6.21. The van der Waals surface area contributed by atoms with Gasteiger partial charge in [-0.2, -0.15) is 0 Å². The molecule has 0 aliphatic heterocycles. The molecule has 4 heteroatoms. The van der Waals surface area contributed by atoms with E-state index in [9.17, 15) is 4.79 Å². The van der Waals surface area contributed by atoms with Crippen molar-refractivity contribution in [3.63, 3.8) is 0 Å². The Hall–Kier alpha value is -1.06. The SMILES string of the molecule is CN(CC(=O)OC(C)(C)C)Cc1cccc(Cl)c1. The Morgan fingerprint density at radius 3 is 2.61 bits per heavy atom. The molecule has 1 aromatic carbocycles. The molecule has 0 atom stereocenters. The van der Waals surface area contributed by atoms with Gasteiger partial charge in [0, 0.05) is 11.6 Å². The molecule has 1 aromatic rings. The Bertz CT molecular complexity index is 413. The molecule has 3 nitrogen and oxygen atoms in total. The van der Waals surface area contributed by atoms with Gasteiger partial charge in [0.1, 0.15) is 5.60 Å². The second-order valence-corrected chi connectivity index (χ2v) is 5.83. The van der Waals surface area contributed by atoms with Gasteiger partial charge < -0.3 is 4.74 Å². The minimum atomic E-state index is -0.437. The van der Waals surface area contributed by atoms with Gasteiger partial charge in [-0.15, -0.1) is 0 Å². The molecule has 0 spiro atoms. The summed E-state index contributed by atoms with van der Waals surface area (Å²) in [5.74, 6) is -0.216. The summed E-state index contributed by atoms with van der Waals surface area (Å²) in [6.45, 7) is 6.52. The van der Waals surface area contributed by atoms with Crippen molar-refractivity contribution in [1.82, 2.24) is 4.90 Å². The summed E-state index contributed by atoms with van der Waals surface area (Å²) in [4.78, 5) is 13.5. The summed E-state index contributed by atoms with van der Waals surface area (Å²) in [5, 5.41) is 0.707. The molecule has 0 saturated carbocycles. The average molecular weight is 270 g/mol. The predicted molar refractivity (Wildman–Crippen MR) is 73.6 cm³/mol. The van der Waals surface area contributed by atoms with Gasteiger partial charge in [0.2, 0.25) is 0 Å². The largest absolute Gasteiger partial charge is 0.459 e. The lowest BCUT2D eigenvalue weighted by atomic mass is 10.2. The minimum absolute atomic E-state index is 0.216. The van der Waals surface area contributed by atoms with Gasteiger partial charge in [0.25, 0.3) is 0 Å². The summed E-state index contributed by atoms with van der Waals surface area (Å²) in [6.07, 6.45) is 0. The number of esters is 1. The van der Waals surface area contributed by atoms with Gasteiger partial charge in [0.15, 0.2) is 0 Å². The topological polar surface area (TPSA) is 29.5 Å². The summed E-state index contributed by atoms with van der Waals surface area (Å²) < 4.78 is 5.26. The number of carbonyl (C=O) groups is 1. The number of benzene rings is 1. The van der Waals surface area contributed by atoms with E-state index in [1.54, 1.807) is 0 Å². The lowest BCUT2D eigenvalue weighted by Crippen LogP contribution is -2.32. The highest BCUT2D eigenvalue weighted by Crippen LogP contribution is 2.12. The van der Waals surface area contributed by atoms with Crippen LogP contribution in [0.1, 0.15) is 26.3 Å². The number of hydrogen-bond donors (Lipinski definition) is 0. The Kier molecular flexibility index (Phi) is 5.17. The molecule has 0 N–H and O–H groups in total. The van der Waals surface area contributed by atoms with E-state index in [-0.39, 0.29) is 12.5 Å². The monoisotopic (exact) mass is 269 g/mol. The predicted octanol–water partition coefficient (Wildman–Crippen LogP) is 3.11. The van der Waals surface area contributed by atoms with Crippen LogP contribution in [0.5, 0.6) is 0 Å². The van der Waals surface area contributed by atoms with Gasteiger partial charge >= 0.3 is 5.97 Å². The molecule has 1 rings (SSSR count). The van der Waals surface area contributed by atoms with Crippen LogP contribution in [0.3, 0.4) is 0 Å². The molecule has 0 fully saturated rings. The lowest BCUT2D eigenvalue weighted by Gasteiger charge is -2.22. The van der Waals surface area contributed by atoms with E-state index in [1.165, 1.54) is 0 Å². The van der Waals surface area contributed by atoms with Crippen molar-refractivity contribution < 1.29 is 9.53 Å². The molecular weight excluding hydrogens is 250 g/mol. The zero-order valence-electron chi connectivity index (χ0n) is 11.4. The molecule has 0 heterocycles. The van der Waals surface area contributed by atoms with Crippen LogP contribution >= 0.6 is 11.6 Å². The van der Waals surface area contributed by atoms with E-state index in [0.29, 0.717) is 11.6 Å². The Balaban J connectivity index is 2.47. The second-order valence-electron chi connectivity index (χ2n) is 5.39. The molecule has 0 aliphatic carbocycles. The summed E-state index contributed by atoms with van der Waals surface area (Å²) >= 11 is 5.91. The normalized spacial score (nSPS) is 11.7. The minimum Gasteiger partial charge on any atom is -0.459 e. The fraction of sp³-hybridized carbons (Fsp3) is 0.500. The zero-order valence-corrected chi connectivity index (χ0v) is 12.1. The maximum absolute atomic E-state index is 11.6. The van der Waals surface area contributed by atoms with Crippen LogP contribution in [0, 0.1) is 0 Å². The maximum atomic E-state index is 11.6. The standard InChI is InChI=1S/C14H20ClNO2/c1-14(2,3)18-13(17)10-16(4)9-11-6-5-7-12(15)8-11/h5-8H,9-10H2,1-4H3. The van der Waals surface area contributed by atoms with Crippen molar-refractivity contribution in [2.24, 2.45) is 0 Å². The van der Waals surface area contributed by atoms with Gasteiger partial charge in [-0.3, -0.25) is 9.69 Å². The molecule has 0 bridgehead atoms. The van der Waals surface area contributed by atoms with Crippen LogP contribution in [0.2, 0.25) is 5.02 Å². The number of carbonyl (C=O) groups excluding carboxylic acids is 1. The summed E-state index contributed by atoms with van der Waals surface area (Å²) in [5.41, 5.74) is 0.641. The van der Waals surface area contributed by atoms with Crippen molar-refractivity contribution in [3.05, 3.63) is 34.9 Å². The smallest absolute Gasteiger partial charge is 0.320 e. The van der Waals surface area contributed by atoms with E-state index in [0.717, 1.165) is 5.56 Å². The molecule has 0 unspecified atom stereocenters. The van der Waals surface area contributed by atoms with Crippen LogP contribution in [0.25, 0.3) is 0 Å². The van der Waals surface area contributed by atoms with Crippen molar-refractivity contribution in [3.8, 4) is 0 Å². The summed E-state index contributed by atoms with van der Waals surface area (Å²) in [6, 6.07) is 7.61. The molecule has 0 amide bonds. The van der Waals surface area contributed by atoms with Crippen molar-refractivity contribution in [1.29, 1.82) is 0 Å². The fourth-order valence-corrected chi connectivity index (χ4v) is 1.81. The molecule has 100 valence electrons. The highest BCUT2D eigenvalue weighted by molar-refractivity contribution is 6.30. The fourth-order valence-electron chi connectivity index (χ4n) is 1.60. The third-order valence-electron chi connectivity index (χ3n) is 2.16. The van der Waals surface area contributed by atoms with Crippen molar-refractivity contribution in [2.75, 3.05) is 13.6 Å². The first-order valence-corrected chi connectivity index (χ1v) is 6.29. The first-order chi connectivity index (χ1) is 8.26. The highest BCUT2D eigenvalue weighted by atomic mass is 35.5. The first-order valence-electron chi connectivity index (χ1n) is 5.91. The molecule has 0 saturated heterocycles. The first kappa shape index (κ1) is 15.0. The molecule has 0 aromatic heterocycles. The Labute approximate surface area is 114 Å². The number of ether oxygens (including phenoxy) is 1. The van der Waals surface area contributed by atoms with E-state index in [4.69, 9.17) is 16.3 Å². The van der Waals surface area contributed by atoms with Crippen LogP contribution in [-0.4, -0.2) is 30.1 Å². The quantitative estimate of drug-likeness (QED) is 0.787.